The number of hydrogen-bond donors (Lipinski definition) is 1. The van der Waals surface area contributed by atoms with Crippen LogP contribution in [0.5, 0.6) is 0 Å². The number of carbonyl (C=O) groups excluding carboxylic acids is 1. The van der Waals surface area contributed by atoms with Crippen LogP contribution in [0, 0.1) is 0 Å². The molecule has 104 valence electrons. The highest BCUT2D eigenvalue weighted by Gasteiger charge is 2.34. The molecule has 5 nitrogen and oxygen atoms in total. The zero-order valence-electron chi connectivity index (χ0n) is 11.4. The number of para-hydroxylation sites is 2. The zero-order chi connectivity index (χ0) is 14.2. The SMILES string of the molecule is O=C(c1ccncc1)N1CC(c2nc3ccccc3[nH]2)C1. The van der Waals surface area contributed by atoms with Crippen LogP contribution in [0.3, 0.4) is 0 Å². The minimum absolute atomic E-state index is 0.0600. The monoisotopic (exact) mass is 278 g/mol. The number of fused-ring (bicyclic) bond motifs is 1. The Morgan fingerprint density at radius 2 is 1.90 bits per heavy atom. The van der Waals surface area contributed by atoms with Crippen molar-refractivity contribution in [3.63, 3.8) is 0 Å². The molecule has 4 rings (SSSR count). The molecule has 1 aromatic carbocycles. The van der Waals surface area contributed by atoms with Crippen molar-refractivity contribution in [2.45, 2.75) is 5.92 Å². The summed E-state index contributed by atoms with van der Waals surface area (Å²) in [6, 6.07) is 11.5. The van der Waals surface area contributed by atoms with Crippen molar-refractivity contribution in [3.8, 4) is 0 Å². The molecule has 0 radical (unpaired) electrons. The number of aromatic amines is 1. The van der Waals surface area contributed by atoms with E-state index < -0.39 is 0 Å². The number of benzene rings is 1. The Bertz CT molecular complexity index is 757. The number of imidazole rings is 1. The summed E-state index contributed by atoms with van der Waals surface area (Å²) in [5.74, 6) is 1.32. The second-order valence-electron chi connectivity index (χ2n) is 5.28. The first-order valence-electron chi connectivity index (χ1n) is 6.95. The van der Waals surface area contributed by atoms with Gasteiger partial charge in [-0.15, -0.1) is 0 Å². The number of rotatable bonds is 2. The second-order valence-corrected chi connectivity index (χ2v) is 5.28. The predicted octanol–water partition coefficient (Wildman–Crippen LogP) is 2.20. The van der Waals surface area contributed by atoms with Gasteiger partial charge in [0.2, 0.25) is 0 Å². The first kappa shape index (κ1) is 12.1. The van der Waals surface area contributed by atoms with E-state index >= 15 is 0 Å². The van der Waals surface area contributed by atoms with E-state index in [9.17, 15) is 4.79 Å². The summed E-state index contributed by atoms with van der Waals surface area (Å²) in [5.41, 5.74) is 2.71. The molecule has 3 heterocycles. The van der Waals surface area contributed by atoms with Gasteiger partial charge in [0, 0.05) is 31.0 Å². The van der Waals surface area contributed by atoms with E-state index in [1.54, 1.807) is 24.5 Å². The summed E-state index contributed by atoms with van der Waals surface area (Å²) >= 11 is 0. The Morgan fingerprint density at radius 1 is 1.14 bits per heavy atom. The van der Waals surface area contributed by atoms with Gasteiger partial charge in [-0.2, -0.15) is 0 Å². The van der Waals surface area contributed by atoms with Crippen molar-refractivity contribution in [1.29, 1.82) is 0 Å². The molecule has 1 amide bonds. The maximum atomic E-state index is 12.2. The van der Waals surface area contributed by atoms with Crippen LogP contribution >= 0.6 is 0 Å². The normalized spacial score (nSPS) is 15.1. The molecule has 1 aliphatic rings. The van der Waals surface area contributed by atoms with Crippen LogP contribution in [-0.2, 0) is 0 Å². The second kappa shape index (κ2) is 4.70. The molecule has 5 heteroatoms. The number of nitrogens with zero attached hydrogens (tertiary/aromatic N) is 3. The summed E-state index contributed by atoms with van der Waals surface area (Å²) in [6.45, 7) is 1.42. The maximum Gasteiger partial charge on any atom is 0.254 e. The van der Waals surface area contributed by atoms with Gasteiger partial charge in [0.15, 0.2) is 0 Å². The van der Waals surface area contributed by atoms with Crippen molar-refractivity contribution < 1.29 is 4.79 Å². The fourth-order valence-corrected chi connectivity index (χ4v) is 2.66. The lowest BCUT2D eigenvalue weighted by molar-refractivity contribution is 0.0595. The smallest absolute Gasteiger partial charge is 0.254 e. The molecule has 0 spiro atoms. The third kappa shape index (κ3) is 2.07. The van der Waals surface area contributed by atoms with Gasteiger partial charge < -0.3 is 9.88 Å². The van der Waals surface area contributed by atoms with Gasteiger partial charge in [0.1, 0.15) is 5.82 Å². The van der Waals surface area contributed by atoms with E-state index in [1.165, 1.54) is 0 Å². The Balaban J connectivity index is 1.48. The van der Waals surface area contributed by atoms with E-state index in [4.69, 9.17) is 0 Å². The van der Waals surface area contributed by atoms with Gasteiger partial charge in [-0.05, 0) is 24.3 Å². The number of pyridine rings is 1. The quantitative estimate of drug-likeness (QED) is 0.781. The van der Waals surface area contributed by atoms with Gasteiger partial charge in [-0.3, -0.25) is 9.78 Å². The van der Waals surface area contributed by atoms with Crippen LogP contribution in [0.1, 0.15) is 22.1 Å². The van der Waals surface area contributed by atoms with Crippen molar-refractivity contribution in [3.05, 3.63) is 60.2 Å². The van der Waals surface area contributed by atoms with E-state index in [1.807, 2.05) is 29.2 Å². The Hall–Kier alpha value is -2.69. The molecule has 2 aromatic heterocycles. The summed E-state index contributed by atoms with van der Waals surface area (Å²) < 4.78 is 0. The third-order valence-electron chi connectivity index (χ3n) is 3.89. The van der Waals surface area contributed by atoms with Crippen LogP contribution in [-0.4, -0.2) is 38.8 Å². The summed E-state index contributed by atoms with van der Waals surface area (Å²) in [6.07, 6.45) is 3.29. The van der Waals surface area contributed by atoms with Crippen LogP contribution in [0.15, 0.2) is 48.8 Å². The molecule has 1 N–H and O–H groups in total. The molecule has 0 bridgehead atoms. The first-order chi connectivity index (χ1) is 10.3. The molecule has 3 aromatic rings. The van der Waals surface area contributed by atoms with Crippen molar-refractivity contribution in [1.82, 2.24) is 19.9 Å². The van der Waals surface area contributed by atoms with Crippen LogP contribution in [0.4, 0.5) is 0 Å². The molecule has 0 saturated carbocycles. The highest BCUT2D eigenvalue weighted by Crippen LogP contribution is 2.27. The molecule has 1 fully saturated rings. The van der Waals surface area contributed by atoms with Crippen LogP contribution in [0.2, 0.25) is 0 Å². The molecular formula is C16H14N4O. The Kier molecular flexibility index (Phi) is 2.70. The lowest BCUT2D eigenvalue weighted by atomic mass is 9.98. The summed E-state index contributed by atoms with van der Waals surface area (Å²) in [4.78, 5) is 26.0. The minimum atomic E-state index is 0.0600. The topological polar surface area (TPSA) is 61.9 Å². The highest BCUT2D eigenvalue weighted by molar-refractivity contribution is 5.94. The molecule has 0 unspecified atom stereocenters. The molecular weight excluding hydrogens is 264 g/mol. The predicted molar refractivity (Wildman–Crippen MR) is 79.0 cm³/mol. The van der Waals surface area contributed by atoms with E-state index in [0.717, 1.165) is 16.9 Å². The number of H-pyrrole nitrogens is 1. The molecule has 0 atom stereocenters. The number of amides is 1. The number of likely N-dealkylation sites (tertiary alicyclic amines) is 1. The molecule has 0 aliphatic carbocycles. The fourth-order valence-electron chi connectivity index (χ4n) is 2.66. The highest BCUT2D eigenvalue weighted by atomic mass is 16.2. The van der Waals surface area contributed by atoms with E-state index in [2.05, 4.69) is 15.0 Å². The minimum Gasteiger partial charge on any atom is -0.342 e. The van der Waals surface area contributed by atoms with Gasteiger partial charge in [0.05, 0.1) is 17.0 Å². The van der Waals surface area contributed by atoms with Gasteiger partial charge in [-0.25, -0.2) is 4.98 Å². The number of hydrogen-bond acceptors (Lipinski definition) is 3. The average molecular weight is 278 g/mol. The van der Waals surface area contributed by atoms with Gasteiger partial charge in [-0.1, -0.05) is 12.1 Å². The average Bonchev–Trinajstić information content (AvgIpc) is 2.90. The van der Waals surface area contributed by atoms with Crippen LogP contribution < -0.4 is 0 Å². The third-order valence-corrected chi connectivity index (χ3v) is 3.89. The lowest BCUT2D eigenvalue weighted by Gasteiger charge is -2.38. The number of nitrogens with one attached hydrogen (secondary N) is 1. The summed E-state index contributed by atoms with van der Waals surface area (Å²) in [5, 5.41) is 0. The largest absolute Gasteiger partial charge is 0.342 e. The van der Waals surface area contributed by atoms with Crippen LogP contribution in [0.25, 0.3) is 11.0 Å². The van der Waals surface area contributed by atoms with Crippen molar-refractivity contribution >= 4 is 16.9 Å². The zero-order valence-corrected chi connectivity index (χ0v) is 11.4. The molecule has 21 heavy (non-hydrogen) atoms. The Labute approximate surface area is 121 Å². The molecule has 1 saturated heterocycles. The number of carbonyl (C=O) groups is 1. The Morgan fingerprint density at radius 3 is 2.67 bits per heavy atom. The standard InChI is InChI=1S/C16H14N4O/c21-16(11-5-7-17-8-6-11)20-9-12(10-20)15-18-13-3-1-2-4-14(13)19-15/h1-8,12H,9-10H2,(H,18,19). The van der Waals surface area contributed by atoms with Crippen molar-refractivity contribution in [2.24, 2.45) is 0 Å². The number of aromatic nitrogens is 3. The van der Waals surface area contributed by atoms with E-state index in [-0.39, 0.29) is 5.91 Å². The first-order valence-corrected chi connectivity index (χ1v) is 6.95. The molecule has 1 aliphatic heterocycles. The van der Waals surface area contributed by atoms with Crippen molar-refractivity contribution in [2.75, 3.05) is 13.1 Å². The maximum absolute atomic E-state index is 12.2. The lowest BCUT2D eigenvalue weighted by Crippen LogP contribution is -2.48. The fraction of sp³-hybridized carbons (Fsp3) is 0.188. The van der Waals surface area contributed by atoms with E-state index in [0.29, 0.717) is 24.6 Å². The van der Waals surface area contributed by atoms with Gasteiger partial charge in [0.25, 0.3) is 5.91 Å². The van der Waals surface area contributed by atoms with Gasteiger partial charge >= 0.3 is 0 Å². The summed E-state index contributed by atoms with van der Waals surface area (Å²) in [7, 11) is 0.